The first kappa shape index (κ1) is 11.3. The van der Waals surface area contributed by atoms with E-state index in [9.17, 15) is 9.18 Å². The van der Waals surface area contributed by atoms with Crippen molar-refractivity contribution in [2.75, 3.05) is 0 Å². The van der Waals surface area contributed by atoms with Gasteiger partial charge in [0.1, 0.15) is 5.15 Å². The number of carbonyl (C=O) groups excluding carboxylic acids is 1. The lowest BCUT2D eigenvalue weighted by Gasteiger charge is -2.11. The van der Waals surface area contributed by atoms with Gasteiger partial charge >= 0.3 is 0 Å². The van der Waals surface area contributed by atoms with Crippen LogP contribution in [0.4, 0.5) is 4.39 Å². The van der Waals surface area contributed by atoms with Gasteiger partial charge in [0.25, 0.3) is 5.91 Å². The number of nitrogens with zero attached hydrogens (tertiary/aromatic N) is 1. The third kappa shape index (κ3) is 2.50. The van der Waals surface area contributed by atoms with Crippen LogP contribution in [0.2, 0.25) is 5.15 Å². The standard InChI is InChI=1S/C11H12ClFN2O/c12-9-6-5-8(13)10(15-9)11(16)14-7-3-1-2-4-7/h5-7H,1-4H2,(H,14,16). The van der Waals surface area contributed by atoms with E-state index in [1.54, 1.807) is 0 Å². The van der Waals surface area contributed by atoms with Crippen molar-refractivity contribution < 1.29 is 9.18 Å². The molecule has 1 aromatic heterocycles. The Morgan fingerprint density at radius 3 is 2.81 bits per heavy atom. The summed E-state index contributed by atoms with van der Waals surface area (Å²) < 4.78 is 13.3. The monoisotopic (exact) mass is 242 g/mol. The Morgan fingerprint density at radius 2 is 2.12 bits per heavy atom. The highest BCUT2D eigenvalue weighted by molar-refractivity contribution is 6.29. The zero-order chi connectivity index (χ0) is 11.5. The molecule has 1 amide bonds. The van der Waals surface area contributed by atoms with Gasteiger partial charge in [-0.05, 0) is 25.0 Å². The number of nitrogens with one attached hydrogen (secondary N) is 1. The molecule has 2 rings (SSSR count). The van der Waals surface area contributed by atoms with Crippen molar-refractivity contribution in [1.29, 1.82) is 0 Å². The molecular formula is C11H12ClFN2O. The molecule has 1 N–H and O–H groups in total. The van der Waals surface area contributed by atoms with Crippen LogP contribution in [0.3, 0.4) is 0 Å². The Morgan fingerprint density at radius 1 is 1.44 bits per heavy atom. The van der Waals surface area contributed by atoms with E-state index in [0.29, 0.717) is 0 Å². The van der Waals surface area contributed by atoms with Crippen LogP contribution < -0.4 is 5.32 Å². The van der Waals surface area contributed by atoms with Crippen LogP contribution in [0.25, 0.3) is 0 Å². The van der Waals surface area contributed by atoms with E-state index in [0.717, 1.165) is 31.7 Å². The van der Waals surface area contributed by atoms with Gasteiger partial charge in [-0.3, -0.25) is 4.79 Å². The predicted molar refractivity (Wildman–Crippen MR) is 58.9 cm³/mol. The summed E-state index contributed by atoms with van der Waals surface area (Å²) >= 11 is 5.62. The molecule has 0 aliphatic heterocycles. The van der Waals surface area contributed by atoms with Gasteiger partial charge in [-0.2, -0.15) is 0 Å². The second kappa shape index (κ2) is 4.78. The first-order valence-electron chi connectivity index (χ1n) is 5.30. The molecule has 0 spiro atoms. The number of hydrogen-bond donors (Lipinski definition) is 1. The van der Waals surface area contributed by atoms with Gasteiger partial charge in [0, 0.05) is 6.04 Å². The molecule has 1 saturated carbocycles. The smallest absolute Gasteiger partial charge is 0.273 e. The molecule has 16 heavy (non-hydrogen) atoms. The van der Waals surface area contributed by atoms with E-state index in [-0.39, 0.29) is 16.9 Å². The first-order chi connectivity index (χ1) is 7.66. The molecule has 0 radical (unpaired) electrons. The minimum atomic E-state index is -0.639. The molecule has 0 bridgehead atoms. The molecular weight excluding hydrogens is 231 g/mol. The van der Waals surface area contributed by atoms with Crippen LogP contribution in [0.1, 0.15) is 36.2 Å². The minimum Gasteiger partial charge on any atom is -0.348 e. The Labute approximate surface area is 98.0 Å². The lowest BCUT2D eigenvalue weighted by molar-refractivity contribution is 0.0928. The zero-order valence-corrected chi connectivity index (χ0v) is 9.43. The van der Waals surface area contributed by atoms with Gasteiger partial charge in [0.2, 0.25) is 0 Å². The lowest BCUT2D eigenvalue weighted by Crippen LogP contribution is -2.33. The summed E-state index contributed by atoms with van der Waals surface area (Å²) in [7, 11) is 0. The summed E-state index contributed by atoms with van der Waals surface area (Å²) in [6, 6.07) is 2.62. The summed E-state index contributed by atoms with van der Waals surface area (Å²) in [4.78, 5) is 15.4. The summed E-state index contributed by atoms with van der Waals surface area (Å²) in [5.74, 6) is -1.12. The lowest BCUT2D eigenvalue weighted by atomic mass is 10.2. The topological polar surface area (TPSA) is 42.0 Å². The van der Waals surface area contributed by atoms with Crippen LogP contribution in [-0.2, 0) is 0 Å². The zero-order valence-electron chi connectivity index (χ0n) is 8.67. The maximum atomic E-state index is 13.3. The highest BCUT2D eigenvalue weighted by Gasteiger charge is 2.20. The minimum absolute atomic E-state index is 0.123. The molecule has 0 unspecified atom stereocenters. The van der Waals surface area contributed by atoms with Gasteiger partial charge in [-0.15, -0.1) is 0 Å². The van der Waals surface area contributed by atoms with Gasteiger partial charge in [-0.25, -0.2) is 9.37 Å². The molecule has 1 aliphatic rings. The predicted octanol–water partition coefficient (Wildman–Crippen LogP) is 2.55. The Balaban J connectivity index is 2.10. The number of carbonyl (C=O) groups is 1. The third-order valence-electron chi connectivity index (χ3n) is 2.72. The van der Waals surface area contributed by atoms with E-state index in [1.165, 1.54) is 6.07 Å². The van der Waals surface area contributed by atoms with E-state index in [2.05, 4.69) is 10.3 Å². The van der Waals surface area contributed by atoms with Gasteiger partial charge < -0.3 is 5.32 Å². The van der Waals surface area contributed by atoms with Crippen molar-refractivity contribution >= 4 is 17.5 Å². The normalized spacial score (nSPS) is 16.4. The van der Waals surface area contributed by atoms with Crippen molar-refractivity contribution in [3.63, 3.8) is 0 Å². The van der Waals surface area contributed by atoms with E-state index in [1.807, 2.05) is 0 Å². The summed E-state index contributed by atoms with van der Waals surface area (Å²) in [6.45, 7) is 0. The highest BCUT2D eigenvalue weighted by Crippen LogP contribution is 2.18. The fraction of sp³-hybridized carbons (Fsp3) is 0.455. The molecule has 1 fully saturated rings. The van der Waals surface area contributed by atoms with Gasteiger partial charge in [0.05, 0.1) is 0 Å². The van der Waals surface area contributed by atoms with Gasteiger partial charge in [-0.1, -0.05) is 24.4 Å². The molecule has 86 valence electrons. The van der Waals surface area contributed by atoms with Crippen LogP contribution in [0.15, 0.2) is 12.1 Å². The maximum absolute atomic E-state index is 13.3. The van der Waals surface area contributed by atoms with Crippen molar-refractivity contribution in [1.82, 2.24) is 10.3 Å². The van der Waals surface area contributed by atoms with E-state index < -0.39 is 11.7 Å². The quantitative estimate of drug-likeness (QED) is 0.810. The highest BCUT2D eigenvalue weighted by atomic mass is 35.5. The summed E-state index contributed by atoms with van der Waals surface area (Å²) in [5.41, 5.74) is -0.223. The van der Waals surface area contributed by atoms with Crippen molar-refractivity contribution in [3.8, 4) is 0 Å². The fourth-order valence-electron chi connectivity index (χ4n) is 1.90. The largest absolute Gasteiger partial charge is 0.348 e. The second-order valence-corrected chi connectivity index (χ2v) is 4.31. The fourth-order valence-corrected chi connectivity index (χ4v) is 2.05. The molecule has 0 aromatic carbocycles. The number of halogens is 2. The third-order valence-corrected chi connectivity index (χ3v) is 2.93. The van der Waals surface area contributed by atoms with Crippen LogP contribution in [0.5, 0.6) is 0 Å². The van der Waals surface area contributed by atoms with Crippen LogP contribution in [-0.4, -0.2) is 16.9 Å². The molecule has 3 nitrogen and oxygen atoms in total. The van der Waals surface area contributed by atoms with Crippen LogP contribution >= 0.6 is 11.6 Å². The molecule has 1 heterocycles. The molecule has 0 atom stereocenters. The molecule has 1 aliphatic carbocycles. The number of amides is 1. The average Bonchev–Trinajstić information content (AvgIpc) is 2.74. The van der Waals surface area contributed by atoms with Gasteiger partial charge in [0.15, 0.2) is 11.5 Å². The number of hydrogen-bond acceptors (Lipinski definition) is 2. The molecule has 1 aromatic rings. The average molecular weight is 243 g/mol. The van der Waals surface area contributed by atoms with Crippen molar-refractivity contribution in [2.45, 2.75) is 31.7 Å². The molecule has 5 heteroatoms. The van der Waals surface area contributed by atoms with Crippen LogP contribution in [0, 0.1) is 5.82 Å². The summed E-state index contributed by atoms with van der Waals surface area (Å²) in [5, 5.41) is 2.89. The summed E-state index contributed by atoms with van der Waals surface area (Å²) in [6.07, 6.45) is 4.12. The van der Waals surface area contributed by atoms with Crippen molar-refractivity contribution in [2.24, 2.45) is 0 Å². The Bertz CT molecular complexity index is 405. The number of aromatic nitrogens is 1. The Hall–Kier alpha value is -1.16. The van der Waals surface area contributed by atoms with Crippen molar-refractivity contribution in [3.05, 3.63) is 28.8 Å². The SMILES string of the molecule is O=C(NC1CCCC1)c1nc(Cl)ccc1F. The number of pyridine rings is 1. The van der Waals surface area contributed by atoms with E-state index in [4.69, 9.17) is 11.6 Å². The van der Waals surface area contributed by atoms with E-state index >= 15 is 0 Å². The maximum Gasteiger partial charge on any atom is 0.273 e. The molecule has 0 saturated heterocycles. The number of rotatable bonds is 2. The Kier molecular flexibility index (Phi) is 3.39. The first-order valence-corrected chi connectivity index (χ1v) is 5.67. The second-order valence-electron chi connectivity index (χ2n) is 3.92.